The van der Waals surface area contributed by atoms with Crippen LogP contribution in [-0.4, -0.2) is 31.0 Å². The lowest BCUT2D eigenvalue weighted by Gasteiger charge is -2.08. The fourth-order valence-electron chi connectivity index (χ4n) is 0.950. The summed E-state index contributed by atoms with van der Waals surface area (Å²) in [4.78, 5) is 21.0. The van der Waals surface area contributed by atoms with Gasteiger partial charge in [-0.25, -0.2) is 0 Å². The standard InChI is InChI=1S/C8H17N3O3/c9-5-7(12)11-4-2-1-3-6(10)8(13)14/h6H,1-5,9-10H2,(H,11,12)(H,13,14)/p+1/t6-/m1/s1. The number of aliphatic carboxylic acids is 1. The molecule has 7 N–H and O–H groups in total. The van der Waals surface area contributed by atoms with E-state index in [4.69, 9.17) is 0 Å². The lowest BCUT2D eigenvalue weighted by atomic mass is 10.1. The summed E-state index contributed by atoms with van der Waals surface area (Å²) in [7, 11) is 0. The van der Waals surface area contributed by atoms with E-state index < -0.39 is 12.0 Å². The summed E-state index contributed by atoms with van der Waals surface area (Å²) < 4.78 is 0. The van der Waals surface area contributed by atoms with Crippen LogP contribution in [0.15, 0.2) is 0 Å². The van der Waals surface area contributed by atoms with Crippen LogP contribution in [0.25, 0.3) is 0 Å². The van der Waals surface area contributed by atoms with E-state index in [1.54, 1.807) is 0 Å². The second kappa shape index (κ2) is 7.28. The van der Waals surface area contributed by atoms with E-state index in [2.05, 4.69) is 16.8 Å². The SMILES string of the molecule is [NH3+]CC(=O)NCCCC[C@@H]([NH3+])C(=O)[O-]. The molecule has 6 nitrogen and oxygen atoms in total. The van der Waals surface area contributed by atoms with Gasteiger partial charge in [0.1, 0.15) is 6.04 Å². The smallest absolute Gasteiger partial charge is 0.275 e. The predicted octanol–water partition coefficient (Wildman–Crippen LogP) is -4.12. The molecule has 0 aromatic rings. The monoisotopic (exact) mass is 204 g/mol. The maximum atomic E-state index is 10.7. The molecule has 0 unspecified atom stereocenters. The number of carbonyl (C=O) groups excluding carboxylic acids is 2. The van der Waals surface area contributed by atoms with Gasteiger partial charge < -0.3 is 26.7 Å². The van der Waals surface area contributed by atoms with E-state index in [-0.39, 0.29) is 12.5 Å². The minimum atomic E-state index is -1.12. The van der Waals surface area contributed by atoms with Crippen LogP contribution in [0.5, 0.6) is 0 Å². The Morgan fingerprint density at radius 3 is 2.50 bits per heavy atom. The van der Waals surface area contributed by atoms with Crippen molar-refractivity contribution < 1.29 is 26.2 Å². The van der Waals surface area contributed by atoms with Crippen LogP contribution < -0.4 is 21.9 Å². The Balaban J connectivity index is 3.30. The molecule has 0 heterocycles. The average Bonchev–Trinajstić information content (AvgIpc) is 2.16. The number of nitrogens with one attached hydrogen (secondary N) is 1. The van der Waals surface area contributed by atoms with Crippen molar-refractivity contribution in [1.82, 2.24) is 5.32 Å². The van der Waals surface area contributed by atoms with E-state index in [0.717, 1.165) is 12.8 Å². The molecule has 1 amide bonds. The Morgan fingerprint density at radius 1 is 1.36 bits per heavy atom. The van der Waals surface area contributed by atoms with Crippen LogP contribution in [0.1, 0.15) is 19.3 Å². The molecule has 0 radical (unpaired) electrons. The Hall–Kier alpha value is -1.14. The van der Waals surface area contributed by atoms with Crippen molar-refractivity contribution in [2.24, 2.45) is 0 Å². The van der Waals surface area contributed by atoms with Crippen molar-refractivity contribution in [3.8, 4) is 0 Å². The molecule has 0 spiro atoms. The van der Waals surface area contributed by atoms with Gasteiger partial charge >= 0.3 is 0 Å². The predicted molar refractivity (Wildman–Crippen MR) is 46.3 cm³/mol. The van der Waals surface area contributed by atoms with Gasteiger partial charge in [0, 0.05) is 13.0 Å². The molecule has 0 saturated heterocycles. The number of carboxylic acid groups (broad SMARTS) is 1. The first-order valence-corrected chi connectivity index (χ1v) is 4.67. The average molecular weight is 204 g/mol. The van der Waals surface area contributed by atoms with E-state index >= 15 is 0 Å². The number of carboxylic acids is 1. The summed E-state index contributed by atoms with van der Waals surface area (Å²) >= 11 is 0. The van der Waals surface area contributed by atoms with Gasteiger partial charge in [0.25, 0.3) is 5.91 Å². The highest BCUT2D eigenvalue weighted by Crippen LogP contribution is 1.95. The summed E-state index contributed by atoms with van der Waals surface area (Å²) in [5.41, 5.74) is 6.85. The van der Waals surface area contributed by atoms with Crippen molar-refractivity contribution in [2.45, 2.75) is 25.3 Å². The fourth-order valence-corrected chi connectivity index (χ4v) is 0.950. The van der Waals surface area contributed by atoms with E-state index in [9.17, 15) is 14.7 Å². The molecule has 6 heteroatoms. The molecule has 0 bridgehead atoms. The fraction of sp³-hybridized carbons (Fsp3) is 0.750. The number of unbranched alkanes of at least 4 members (excludes halogenated alkanes) is 1. The summed E-state index contributed by atoms with van der Waals surface area (Å²) in [5.74, 6) is -1.21. The molecule has 0 aromatic carbocycles. The van der Waals surface area contributed by atoms with Crippen molar-refractivity contribution in [2.75, 3.05) is 13.1 Å². The zero-order valence-corrected chi connectivity index (χ0v) is 8.25. The van der Waals surface area contributed by atoms with Gasteiger partial charge in [-0.3, -0.25) is 4.79 Å². The highest BCUT2D eigenvalue weighted by atomic mass is 16.4. The molecule has 0 aliphatic carbocycles. The molecule has 0 aliphatic heterocycles. The number of carbonyl (C=O) groups is 2. The number of rotatable bonds is 7. The van der Waals surface area contributed by atoms with Crippen LogP contribution in [0.3, 0.4) is 0 Å². The van der Waals surface area contributed by atoms with Crippen LogP contribution in [0, 0.1) is 0 Å². The van der Waals surface area contributed by atoms with Crippen LogP contribution in [0.2, 0.25) is 0 Å². The van der Waals surface area contributed by atoms with Crippen molar-refractivity contribution >= 4 is 11.9 Å². The topological polar surface area (TPSA) is 125 Å². The number of hydrogen-bond donors (Lipinski definition) is 3. The normalized spacial score (nSPS) is 12.1. The number of hydrogen-bond acceptors (Lipinski definition) is 3. The van der Waals surface area contributed by atoms with E-state index in [1.807, 2.05) is 0 Å². The Kier molecular flexibility index (Phi) is 6.69. The third-order valence-electron chi connectivity index (χ3n) is 1.86. The largest absolute Gasteiger partial charge is 0.544 e. The molecule has 0 aromatic heterocycles. The summed E-state index contributed by atoms with van der Waals surface area (Å²) in [6.45, 7) is 0.797. The first-order valence-electron chi connectivity index (χ1n) is 4.67. The van der Waals surface area contributed by atoms with Gasteiger partial charge in [0.05, 0.1) is 5.97 Å². The quantitative estimate of drug-likeness (QED) is 0.365. The minimum absolute atomic E-state index is 0.0870. The first kappa shape index (κ1) is 12.9. The molecular weight excluding hydrogens is 186 g/mol. The highest BCUT2D eigenvalue weighted by molar-refractivity contribution is 5.76. The summed E-state index contributed by atoms with van der Waals surface area (Å²) in [6, 6.07) is -0.654. The zero-order valence-electron chi connectivity index (χ0n) is 8.25. The van der Waals surface area contributed by atoms with Crippen LogP contribution in [0.4, 0.5) is 0 Å². The van der Waals surface area contributed by atoms with Gasteiger partial charge in [-0.15, -0.1) is 0 Å². The first-order chi connectivity index (χ1) is 6.57. The van der Waals surface area contributed by atoms with E-state index in [0.29, 0.717) is 13.0 Å². The second-order valence-corrected chi connectivity index (χ2v) is 3.11. The van der Waals surface area contributed by atoms with Gasteiger partial charge in [0.15, 0.2) is 6.54 Å². The Bertz CT molecular complexity index is 196. The third-order valence-corrected chi connectivity index (χ3v) is 1.86. The van der Waals surface area contributed by atoms with Crippen molar-refractivity contribution in [1.29, 1.82) is 0 Å². The van der Waals surface area contributed by atoms with Gasteiger partial charge in [-0.1, -0.05) is 0 Å². The second-order valence-electron chi connectivity index (χ2n) is 3.11. The van der Waals surface area contributed by atoms with Crippen LogP contribution >= 0.6 is 0 Å². The number of amides is 1. The van der Waals surface area contributed by atoms with Gasteiger partial charge in [-0.05, 0) is 12.8 Å². The lowest BCUT2D eigenvalue weighted by molar-refractivity contribution is -0.438. The number of quaternary nitrogens is 2. The zero-order chi connectivity index (χ0) is 11.0. The maximum Gasteiger partial charge on any atom is 0.275 e. The lowest BCUT2D eigenvalue weighted by Crippen LogP contribution is -2.68. The van der Waals surface area contributed by atoms with E-state index in [1.165, 1.54) is 0 Å². The van der Waals surface area contributed by atoms with Crippen LogP contribution in [-0.2, 0) is 9.59 Å². The van der Waals surface area contributed by atoms with Gasteiger partial charge in [-0.2, -0.15) is 0 Å². The Morgan fingerprint density at radius 2 is 2.00 bits per heavy atom. The Labute approximate surface area is 82.6 Å². The summed E-state index contributed by atoms with van der Waals surface area (Å²) in [5, 5.41) is 12.9. The summed E-state index contributed by atoms with van der Waals surface area (Å²) in [6.07, 6.45) is 1.97. The maximum absolute atomic E-state index is 10.7. The van der Waals surface area contributed by atoms with Gasteiger partial charge in [0.2, 0.25) is 0 Å². The highest BCUT2D eigenvalue weighted by Gasteiger charge is 2.06. The molecule has 0 saturated carbocycles. The molecule has 0 aliphatic rings. The molecule has 14 heavy (non-hydrogen) atoms. The molecular formula is C8H18N3O3+. The molecule has 82 valence electrons. The molecule has 0 rings (SSSR count). The minimum Gasteiger partial charge on any atom is -0.544 e. The third kappa shape index (κ3) is 6.38. The molecule has 1 atom stereocenters. The van der Waals surface area contributed by atoms with Crippen molar-refractivity contribution in [3.63, 3.8) is 0 Å². The molecule has 0 fully saturated rings. The van der Waals surface area contributed by atoms with Crippen molar-refractivity contribution in [3.05, 3.63) is 0 Å².